The maximum Gasteiger partial charge on any atom is 0.292 e. The van der Waals surface area contributed by atoms with Crippen LogP contribution >= 0.6 is 11.8 Å². The molecule has 0 spiro atoms. The Morgan fingerprint density at radius 3 is 2.80 bits per heavy atom. The van der Waals surface area contributed by atoms with Gasteiger partial charge in [0.25, 0.3) is 11.6 Å². The summed E-state index contributed by atoms with van der Waals surface area (Å²) in [6.07, 6.45) is 7.42. The van der Waals surface area contributed by atoms with Crippen molar-refractivity contribution < 1.29 is 9.72 Å². The maximum atomic E-state index is 12.1. The highest BCUT2D eigenvalue weighted by Crippen LogP contribution is 2.31. The number of thioether (sulfide) groups is 1. The average molecular weight is 360 g/mol. The molecule has 1 saturated heterocycles. The molecule has 0 unspecified atom stereocenters. The number of hydrogen-bond acceptors (Lipinski definition) is 6. The van der Waals surface area contributed by atoms with E-state index in [1.54, 1.807) is 25.3 Å². The van der Waals surface area contributed by atoms with Gasteiger partial charge in [0.15, 0.2) is 5.17 Å². The molecule has 1 aromatic rings. The second-order valence-electron chi connectivity index (χ2n) is 6.07. The SMILES string of the molecule is CNc1ccc(/C=C2\SC(=NC3CCCCC3)NC2=O)cc1[N+](=O)[O-]. The largest absolute Gasteiger partial charge is 0.383 e. The Morgan fingerprint density at radius 1 is 1.36 bits per heavy atom. The minimum atomic E-state index is -0.439. The Bertz CT molecular complexity index is 754. The van der Waals surface area contributed by atoms with E-state index in [2.05, 4.69) is 15.6 Å². The summed E-state index contributed by atoms with van der Waals surface area (Å²) in [5.74, 6) is -0.208. The second-order valence-corrected chi connectivity index (χ2v) is 7.11. The Hall–Kier alpha value is -2.35. The smallest absolute Gasteiger partial charge is 0.292 e. The first-order chi connectivity index (χ1) is 12.1. The van der Waals surface area contributed by atoms with Crippen LogP contribution in [0.2, 0.25) is 0 Å². The molecule has 1 aliphatic carbocycles. The van der Waals surface area contributed by atoms with Crippen LogP contribution in [0.5, 0.6) is 0 Å². The lowest BCUT2D eigenvalue weighted by Crippen LogP contribution is -2.22. The van der Waals surface area contributed by atoms with Gasteiger partial charge in [-0.2, -0.15) is 0 Å². The first kappa shape index (κ1) is 17.5. The highest BCUT2D eigenvalue weighted by atomic mass is 32.2. The molecule has 3 rings (SSSR count). The van der Waals surface area contributed by atoms with Crippen molar-refractivity contribution in [3.8, 4) is 0 Å². The summed E-state index contributed by atoms with van der Waals surface area (Å²) < 4.78 is 0. The van der Waals surface area contributed by atoms with E-state index in [9.17, 15) is 14.9 Å². The molecule has 7 nitrogen and oxygen atoms in total. The molecular formula is C17H20N4O3S. The van der Waals surface area contributed by atoms with Gasteiger partial charge in [0.1, 0.15) is 5.69 Å². The van der Waals surface area contributed by atoms with Crippen LogP contribution in [0.3, 0.4) is 0 Å². The Morgan fingerprint density at radius 2 is 2.12 bits per heavy atom. The zero-order valence-corrected chi connectivity index (χ0v) is 14.8. The summed E-state index contributed by atoms with van der Waals surface area (Å²) in [6.45, 7) is 0. The predicted octanol–water partition coefficient (Wildman–Crippen LogP) is 3.53. The number of rotatable bonds is 4. The van der Waals surface area contributed by atoms with E-state index in [4.69, 9.17) is 0 Å². The van der Waals surface area contributed by atoms with Crippen molar-refractivity contribution in [1.29, 1.82) is 0 Å². The molecule has 0 atom stereocenters. The third kappa shape index (κ3) is 4.19. The molecule has 0 bridgehead atoms. The lowest BCUT2D eigenvalue weighted by Gasteiger charge is -2.17. The molecule has 0 aromatic heterocycles. The van der Waals surface area contributed by atoms with Crippen molar-refractivity contribution >= 4 is 40.3 Å². The summed E-state index contributed by atoms with van der Waals surface area (Å²) in [7, 11) is 1.63. The number of amides is 1. The number of hydrogen-bond donors (Lipinski definition) is 2. The number of nitro benzene ring substituents is 1. The number of nitrogens with zero attached hydrogens (tertiary/aromatic N) is 2. The molecule has 1 heterocycles. The van der Waals surface area contributed by atoms with Crippen molar-refractivity contribution in [3.05, 3.63) is 38.8 Å². The van der Waals surface area contributed by atoms with Crippen LogP contribution in [0.25, 0.3) is 6.08 Å². The van der Waals surface area contributed by atoms with Gasteiger partial charge in [-0.15, -0.1) is 0 Å². The van der Waals surface area contributed by atoms with E-state index in [-0.39, 0.29) is 17.6 Å². The van der Waals surface area contributed by atoms with Crippen LogP contribution in [0.15, 0.2) is 28.1 Å². The molecule has 8 heteroatoms. The molecule has 25 heavy (non-hydrogen) atoms. The zero-order valence-electron chi connectivity index (χ0n) is 13.9. The first-order valence-electron chi connectivity index (χ1n) is 8.31. The number of anilines is 1. The zero-order chi connectivity index (χ0) is 17.8. The fraction of sp³-hybridized carbons (Fsp3) is 0.412. The Balaban J connectivity index is 1.79. The van der Waals surface area contributed by atoms with Crippen molar-refractivity contribution in [2.24, 2.45) is 4.99 Å². The van der Waals surface area contributed by atoms with Gasteiger partial charge < -0.3 is 10.6 Å². The van der Waals surface area contributed by atoms with Crippen LogP contribution in [0.4, 0.5) is 11.4 Å². The number of nitrogens with one attached hydrogen (secondary N) is 2. The lowest BCUT2D eigenvalue weighted by molar-refractivity contribution is -0.384. The van der Waals surface area contributed by atoms with Crippen LogP contribution in [-0.2, 0) is 4.79 Å². The van der Waals surface area contributed by atoms with Gasteiger partial charge in [-0.05, 0) is 42.3 Å². The highest BCUT2D eigenvalue weighted by molar-refractivity contribution is 8.18. The standard InChI is InChI=1S/C17H20N4O3S/c1-18-13-8-7-11(9-14(13)21(23)24)10-15-16(22)20-17(25-15)19-12-5-3-2-4-6-12/h7-10,12,18H,2-6H2,1H3,(H,19,20,22)/b15-10-. The molecule has 132 valence electrons. The number of carbonyl (C=O) groups is 1. The van der Waals surface area contributed by atoms with Crippen molar-refractivity contribution in [2.75, 3.05) is 12.4 Å². The van der Waals surface area contributed by atoms with Gasteiger partial charge in [-0.25, -0.2) is 0 Å². The van der Waals surface area contributed by atoms with E-state index >= 15 is 0 Å². The fourth-order valence-electron chi connectivity index (χ4n) is 3.02. The molecular weight excluding hydrogens is 340 g/mol. The number of aliphatic imine (C=N–C) groups is 1. The number of amidine groups is 1. The minimum Gasteiger partial charge on any atom is -0.383 e. The Kier molecular flexibility index (Phi) is 5.37. The van der Waals surface area contributed by atoms with E-state index < -0.39 is 4.92 Å². The van der Waals surface area contributed by atoms with Crippen LogP contribution in [0, 0.1) is 10.1 Å². The second kappa shape index (κ2) is 7.69. The summed E-state index contributed by atoms with van der Waals surface area (Å²) in [6, 6.07) is 5.13. The summed E-state index contributed by atoms with van der Waals surface area (Å²) in [4.78, 5) is 28.0. The third-order valence-electron chi connectivity index (χ3n) is 4.31. The van der Waals surface area contributed by atoms with Crippen LogP contribution < -0.4 is 10.6 Å². The molecule has 1 aliphatic heterocycles. The molecule has 2 N–H and O–H groups in total. The number of benzene rings is 1. The molecule has 1 aromatic carbocycles. The maximum absolute atomic E-state index is 12.1. The fourth-order valence-corrected chi connectivity index (χ4v) is 3.91. The quantitative estimate of drug-likeness (QED) is 0.486. The summed E-state index contributed by atoms with van der Waals surface area (Å²) in [5.41, 5.74) is 1.04. The molecule has 2 fully saturated rings. The summed E-state index contributed by atoms with van der Waals surface area (Å²) >= 11 is 1.30. The van der Waals surface area contributed by atoms with Gasteiger partial charge in [0.05, 0.1) is 15.9 Å². The topological polar surface area (TPSA) is 96.6 Å². The number of nitro groups is 1. The normalized spacial score (nSPS) is 21.6. The average Bonchev–Trinajstić information content (AvgIpc) is 2.94. The van der Waals surface area contributed by atoms with Crippen LogP contribution in [-0.4, -0.2) is 29.1 Å². The molecule has 0 radical (unpaired) electrons. The number of carbonyl (C=O) groups excluding carboxylic acids is 1. The summed E-state index contributed by atoms with van der Waals surface area (Å²) in [5, 5.41) is 17.4. The van der Waals surface area contributed by atoms with E-state index in [0.717, 1.165) is 12.8 Å². The van der Waals surface area contributed by atoms with Crippen molar-refractivity contribution in [2.45, 2.75) is 38.1 Å². The van der Waals surface area contributed by atoms with E-state index in [1.165, 1.54) is 37.1 Å². The third-order valence-corrected chi connectivity index (χ3v) is 5.23. The van der Waals surface area contributed by atoms with E-state index in [0.29, 0.717) is 21.3 Å². The van der Waals surface area contributed by atoms with Gasteiger partial charge in [-0.1, -0.05) is 25.3 Å². The van der Waals surface area contributed by atoms with Gasteiger partial charge in [0, 0.05) is 13.1 Å². The van der Waals surface area contributed by atoms with Gasteiger partial charge in [-0.3, -0.25) is 19.9 Å². The lowest BCUT2D eigenvalue weighted by atomic mass is 9.96. The van der Waals surface area contributed by atoms with Gasteiger partial charge in [0.2, 0.25) is 0 Å². The van der Waals surface area contributed by atoms with Crippen molar-refractivity contribution in [1.82, 2.24) is 5.32 Å². The highest BCUT2D eigenvalue weighted by Gasteiger charge is 2.25. The van der Waals surface area contributed by atoms with E-state index in [1.807, 2.05) is 0 Å². The Labute approximate surface area is 150 Å². The predicted molar refractivity (Wildman–Crippen MR) is 101 cm³/mol. The van der Waals surface area contributed by atoms with Gasteiger partial charge >= 0.3 is 0 Å². The monoisotopic (exact) mass is 360 g/mol. The first-order valence-corrected chi connectivity index (χ1v) is 9.13. The molecule has 1 amide bonds. The molecule has 2 aliphatic rings. The van der Waals surface area contributed by atoms with Crippen LogP contribution in [0.1, 0.15) is 37.7 Å². The minimum absolute atomic E-state index is 0.0173. The molecule has 1 saturated carbocycles. The van der Waals surface area contributed by atoms with Crippen molar-refractivity contribution in [3.63, 3.8) is 0 Å².